The zero-order valence-electron chi connectivity index (χ0n) is 50.5. The van der Waals surface area contributed by atoms with Crippen molar-refractivity contribution in [2.75, 3.05) is 0 Å². The third-order valence-corrected chi connectivity index (χ3v) is 7.89. The number of furan rings is 1. The molecular weight excluding hydrogens is 569 g/mol. The number of rotatable bonds is 3. The zero-order chi connectivity index (χ0) is 54.4. The van der Waals surface area contributed by atoms with E-state index in [1.807, 2.05) is 0 Å². The van der Waals surface area contributed by atoms with Crippen LogP contribution in [0.25, 0.3) is 98.4 Å². The topological polar surface area (TPSA) is 13.1 Å². The summed E-state index contributed by atoms with van der Waals surface area (Å²) in [6, 6.07) is -22.9. The highest BCUT2D eigenvalue weighted by Crippen LogP contribution is 2.48. The van der Waals surface area contributed by atoms with Crippen molar-refractivity contribution in [3.63, 3.8) is 0 Å². The molecule has 0 saturated heterocycles. The molecule has 47 heavy (non-hydrogen) atoms. The van der Waals surface area contributed by atoms with Crippen LogP contribution in [0.1, 0.15) is 37.0 Å². The van der Waals surface area contributed by atoms with Gasteiger partial charge < -0.3 is 4.42 Å². The van der Waals surface area contributed by atoms with Crippen molar-refractivity contribution < 1.29 is 41.4 Å². The summed E-state index contributed by atoms with van der Waals surface area (Å²) in [5.74, 6) is 0. The Morgan fingerprint density at radius 1 is 0.383 bits per heavy atom. The Morgan fingerprint density at radius 3 is 1.70 bits per heavy atom. The van der Waals surface area contributed by atoms with Crippen LogP contribution < -0.4 is 0 Å². The van der Waals surface area contributed by atoms with Crippen LogP contribution in [0, 0.1) is 0 Å². The molecule has 0 fully saturated rings. The van der Waals surface area contributed by atoms with Gasteiger partial charge in [-0.1, -0.05) is 151 Å². The van der Waals surface area contributed by atoms with Crippen LogP contribution in [-0.2, 0) is 0 Å². The molecule has 1 heterocycles. The SMILES string of the molecule is [2H]c1cc(-c2c([2H])c([2H])c([2H])c(-c3c4c([2H])c([2H])c([2H])c([2H])c4c(-c4c([2H])c([2H])c([2H])c5oc6c7c([2H])c([2H])c([2H])c([2H])c7c([2H])c([2H])c6c45)c4c([2H])c([2H])c([2H])c([2H])c34)c2[2H])c2c([2H])c([2H])c([2H])c([2H])c2c1[2H]. The van der Waals surface area contributed by atoms with Gasteiger partial charge in [0.1, 0.15) is 11.2 Å². The zero-order valence-corrected chi connectivity index (χ0v) is 23.5. The Balaban J connectivity index is 1.53. The summed E-state index contributed by atoms with van der Waals surface area (Å²) in [5.41, 5.74) is -5.28. The van der Waals surface area contributed by atoms with E-state index >= 15 is 0 Å². The summed E-state index contributed by atoms with van der Waals surface area (Å²) in [4.78, 5) is 0. The smallest absolute Gasteiger partial charge is 0.143 e. The molecule has 0 saturated carbocycles. The number of hydrogen-bond donors (Lipinski definition) is 0. The van der Waals surface area contributed by atoms with Crippen molar-refractivity contribution in [1.29, 1.82) is 0 Å². The first-order chi connectivity index (χ1) is 34.6. The van der Waals surface area contributed by atoms with E-state index in [1.54, 1.807) is 0 Å². The summed E-state index contributed by atoms with van der Waals surface area (Å²) >= 11 is 0. The molecule has 0 aliphatic carbocycles. The molecule has 10 rings (SSSR count). The number of fused-ring (bicyclic) bond motifs is 8. The first-order valence-electron chi connectivity index (χ1n) is 27.5. The second kappa shape index (κ2) is 10.2. The molecule has 1 aromatic heterocycles. The fourth-order valence-electron chi connectivity index (χ4n) is 5.94. The highest BCUT2D eigenvalue weighted by molar-refractivity contribution is 6.27. The van der Waals surface area contributed by atoms with Crippen LogP contribution in [-0.4, -0.2) is 0 Å². The molecular formula is C46H28O. The quantitative estimate of drug-likeness (QED) is 0.178. The predicted octanol–water partition coefficient (Wildman–Crippen LogP) is 13.2. The maximum absolute atomic E-state index is 9.87. The third kappa shape index (κ3) is 3.90. The Bertz CT molecular complexity index is 4310. The lowest BCUT2D eigenvalue weighted by atomic mass is 9.84. The normalized spacial score (nSPS) is 19.9. The Kier molecular flexibility index (Phi) is 2.37. The molecule has 0 amide bonds. The molecule has 1 nitrogen and oxygen atoms in total. The minimum atomic E-state index is -1.02. The number of hydrogen-bond acceptors (Lipinski definition) is 1. The predicted molar refractivity (Wildman–Crippen MR) is 200 cm³/mol. The van der Waals surface area contributed by atoms with Gasteiger partial charge in [-0.2, -0.15) is 0 Å². The van der Waals surface area contributed by atoms with Gasteiger partial charge in [0, 0.05) is 16.2 Å². The van der Waals surface area contributed by atoms with Crippen molar-refractivity contribution in [3.8, 4) is 33.4 Å². The summed E-state index contributed by atoms with van der Waals surface area (Å²) in [6.45, 7) is 0. The molecule has 0 N–H and O–H groups in total. The minimum absolute atomic E-state index is 0.454. The molecule has 0 aliphatic heterocycles. The molecule has 1 heteroatoms. The monoisotopic (exact) mass is 623 g/mol. The summed E-state index contributed by atoms with van der Waals surface area (Å²) in [7, 11) is 0. The maximum Gasteiger partial charge on any atom is 0.143 e. The lowest BCUT2D eigenvalue weighted by molar-refractivity contribution is 0.673. The molecule has 0 unspecified atom stereocenters. The van der Waals surface area contributed by atoms with E-state index in [0.717, 1.165) is 6.07 Å². The van der Waals surface area contributed by atoms with Gasteiger partial charge in [-0.15, -0.1) is 0 Å². The lowest BCUT2D eigenvalue weighted by Gasteiger charge is -2.19. The van der Waals surface area contributed by atoms with Gasteiger partial charge >= 0.3 is 0 Å². The minimum Gasteiger partial charge on any atom is -0.455 e. The van der Waals surface area contributed by atoms with Crippen molar-refractivity contribution in [2.45, 2.75) is 0 Å². The van der Waals surface area contributed by atoms with Crippen LogP contribution in [0.2, 0.25) is 0 Å². The highest BCUT2D eigenvalue weighted by atomic mass is 16.3. The Morgan fingerprint density at radius 2 is 0.957 bits per heavy atom. The maximum atomic E-state index is 9.87. The fourth-order valence-corrected chi connectivity index (χ4v) is 5.94. The van der Waals surface area contributed by atoms with E-state index in [1.165, 1.54) is 0 Å². The van der Waals surface area contributed by atoms with Crippen molar-refractivity contribution in [1.82, 2.24) is 0 Å². The Hall–Kier alpha value is -6.18. The third-order valence-electron chi connectivity index (χ3n) is 7.89. The second-order valence-corrected chi connectivity index (χ2v) is 10.3. The van der Waals surface area contributed by atoms with E-state index < -0.39 is 262 Å². The molecule has 218 valence electrons. The van der Waals surface area contributed by atoms with Crippen molar-refractivity contribution >= 4 is 65.0 Å². The summed E-state index contributed by atoms with van der Waals surface area (Å²) in [6.07, 6.45) is 0. The second-order valence-electron chi connectivity index (χ2n) is 10.3. The molecule has 0 radical (unpaired) electrons. The van der Waals surface area contributed by atoms with E-state index in [4.69, 9.17) is 30.5 Å². The molecule has 0 bridgehead atoms. The van der Waals surface area contributed by atoms with Gasteiger partial charge in [0.15, 0.2) is 0 Å². The first kappa shape index (κ1) is 11.0. The largest absolute Gasteiger partial charge is 0.455 e. The van der Waals surface area contributed by atoms with E-state index in [9.17, 15) is 11.0 Å². The van der Waals surface area contributed by atoms with E-state index in [2.05, 4.69) is 0 Å². The van der Waals surface area contributed by atoms with E-state index in [0.29, 0.717) is 0 Å². The van der Waals surface area contributed by atoms with Gasteiger partial charge in [-0.25, -0.2) is 0 Å². The van der Waals surface area contributed by atoms with Crippen LogP contribution in [0.15, 0.2) is 174 Å². The van der Waals surface area contributed by atoms with Crippen LogP contribution >= 0.6 is 0 Å². The molecule has 10 aromatic rings. The van der Waals surface area contributed by atoms with Gasteiger partial charge in [0.25, 0.3) is 0 Å². The van der Waals surface area contributed by atoms with Crippen molar-refractivity contribution in [3.05, 3.63) is 169 Å². The van der Waals surface area contributed by atoms with Crippen LogP contribution in [0.4, 0.5) is 0 Å². The number of benzene rings is 9. The average molecular weight is 624 g/mol. The summed E-state index contributed by atoms with van der Waals surface area (Å²) < 4.78 is 250. The van der Waals surface area contributed by atoms with Gasteiger partial charge in [0.05, 0.1) is 37.0 Å². The van der Waals surface area contributed by atoms with Crippen LogP contribution in [0.5, 0.6) is 0 Å². The van der Waals surface area contributed by atoms with Gasteiger partial charge in [-0.05, 0) is 89.2 Å². The standard InChI is InChI=1S/C46H28O/c1-3-17-33-29(12-1)14-10-23-34(33)31-15-9-16-32(28-31)43-36-19-5-7-21-38(36)44(39-22-8-6-20-37(39)43)40-24-11-25-42-45(40)41-27-26-30-13-2-4-18-35(30)46(41)47-42/h1-28H/i1D,2D,3D,4D,5D,6D,7D,8D,9D,10D,11D,12D,13D,14D,15D,16D,17D,18D,19D,20D,21D,22D,24D,25D,26D,27D,28D. The molecule has 0 spiro atoms. The van der Waals surface area contributed by atoms with Gasteiger partial charge in [0.2, 0.25) is 0 Å². The van der Waals surface area contributed by atoms with Crippen LogP contribution in [0.3, 0.4) is 0 Å². The molecule has 9 aromatic carbocycles. The van der Waals surface area contributed by atoms with Gasteiger partial charge in [-0.3, -0.25) is 0 Å². The lowest BCUT2D eigenvalue weighted by Crippen LogP contribution is -1.91. The average Bonchev–Trinajstić information content (AvgIpc) is 3.76. The first-order valence-corrected chi connectivity index (χ1v) is 14.0. The Labute approximate surface area is 309 Å². The van der Waals surface area contributed by atoms with E-state index in [-0.39, 0.29) is 0 Å². The molecule has 0 atom stereocenters. The van der Waals surface area contributed by atoms with Crippen molar-refractivity contribution in [2.24, 2.45) is 0 Å². The summed E-state index contributed by atoms with van der Waals surface area (Å²) in [5, 5.41) is -5.87. The highest BCUT2D eigenvalue weighted by Gasteiger charge is 2.21. The fraction of sp³-hybridized carbons (Fsp3) is 0. The molecule has 0 aliphatic rings.